The zero-order valence-corrected chi connectivity index (χ0v) is 22.0. The Morgan fingerprint density at radius 2 is 1.63 bits per heavy atom. The van der Waals surface area contributed by atoms with E-state index in [4.69, 9.17) is 9.47 Å². The number of methoxy groups -OCH3 is 1. The normalized spacial score (nSPS) is 12.8. The Balaban J connectivity index is 2.35. The molecule has 2 N–H and O–H groups in total. The summed E-state index contributed by atoms with van der Waals surface area (Å²) in [5, 5.41) is 5.47. The van der Waals surface area contributed by atoms with Crippen molar-refractivity contribution in [2.24, 2.45) is 0 Å². The molecule has 2 atom stereocenters. The summed E-state index contributed by atoms with van der Waals surface area (Å²) < 4.78 is 10.5. The van der Waals surface area contributed by atoms with Gasteiger partial charge in [-0.05, 0) is 64.4 Å². The fourth-order valence-corrected chi connectivity index (χ4v) is 3.66. The summed E-state index contributed by atoms with van der Waals surface area (Å²) in [4.78, 5) is 40.8. The predicted octanol–water partition coefficient (Wildman–Crippen LogP) is 4.36. The molecule has 3 amide bonds. The number of benzene rings is 2. The Bertz CT molecular complexity index is 1000. The van der Waals surface area contributed by atoms with Crippen molar-refractivity contribution in [3.8, 4) is 5.75 Å². The van der Waals surface area contributed by atoms with Crippen LogP contribution in [0.25, 0.3) is 0 Å². The number of hydrogen-bond acceptors (Lipinski definition) is 6. The van der Waals surface area contributed by atoms with Crippen molar-refractivity contribution in [1.29, 1.82) is 0 Å². The fraction of sp³-hybridized carbons (Fsp3) is 0.423. The Kier molecular flexibility index (Phi) is 10.0. The second-order valence-electron chi connectivity index (χ2n) is 9.04. The highest BCUT2D eigenvalue weighted by atomic mass is 32.1. The number of nitrogens with zero attached hydrogens (tertiary/aromatic N) is 1. The van der Waals surface area contributed by atoms with Gasteiger partial charge in [-0.2, -0.15) is 12.6 Å². The maximum Gasteiger partial charge on any atom is 0.408 e. The predicted molar refractivity (Wildman–Crippen MR) is 140 cm³/mol. The molecule has 0 aromatic heterocycles. The molecular formula is C26H35N3O5S. The number of thiol groups is 1. The number of hydrogen-bond donors (Lipinski definition) is 3. The molecule has 2 unspecified atom stereocenters. The molecular weight excluding hydrogens is 466 g/mol. The number of likely N-dealkylation sites (N-methyl/N-ethyl adjacent to an activating group) is 1. The van der Waals surface area contributed by atoms with Crippen LogP contribution >= 0.6 is 12.6 Å². The third-order valence-electron chi connectivity index (χ3n) is 5.11. The van der Waals surface area contributed by atoms with E-state index in [-0.39, 0.29) is 18.2 Å². The van der Waals surface area contributed by atoms with Gasteiger partial charge in [0.25, 0.3) is 5.91 Å². The lowest BCUT2D eigenvalue weighted by Gasteiger charge is -2.33. The van der Waals surface area contributed by atoms with Crippen LogP contribution in [0.1, 0.15) is 44.9 Å². The molecule has 0 heterocycles. The van der Waals surface area contributed by atoms with Crippen LogP contribution in [-0.2, 0) is 14.3 Å². The van der Waals surface area contributed by atoms with Gasteiger partial charge in [0.1, 0.15) is 23.4 Å². The van der Waals surface area contributed by atoms with Crippen molar-refractivity contribution >= 4 is 36.2 Å². The zero-order chi connectivity index (χ0) is 26.2. The first-order valence-corrected chi connectivity index (χ1v) is 12.0. The van der Waals surface area contributed by atoms with Gasteiger partial charge in [-0.25, -0.2) is 4.79 Å². The van der Waals surface area contributed by atoms with Gasteiger partial charge in [0.2, 0.25) is 5.91 Å². The summed E-state index contributed by atoms with van der Waals surface area (Å²) in [6, 6.07) is 12.4. The van der Waals surface area contributed by atoms with E-state index in [0.717, 1.165) is 5.56 Å². The quantitative estimate of drug-likeness (QED) is 0.444. The number of nitrogens with one attached hydrogen (secondary N) is 2. The number of ether oxygens (including phenoxy) is 2. The van der Waals surface area contributed by atoms with E-state index < -0.39 is 29.7 Å². The van der Waals surface area contributed by atoms with Gasteiger partial charge < -0.3 is 25.0 Å². The first-order chi connectivity index (χ1) is 16.5. The fourth-order valence-electron chi connectivity index (χ4n) is 3.41. The lowest BCUT2D eigenvalue weighted by atomic mass is 10.0. The van der Waals surface area contributed by atoms with Crippen LogP contribution in [-0.4, -0.2) is 53.9 Å². The first-order valence-electron chi connectivity index (χ1n) is 11.4. The minimum atomic E-state index is -0.977. The average molecular weight is 502 g/mol. The van der Waals surface area contributed by atoms with Gasteiger partial charge in [0.15, 0.2) is 0 Å². The van der Waals surface area contributed by atoms with E-state index in [2.05, 4.69) is 23.3 Å². The maximum absolute atomic E-state index is 13.5. The molecule has 9 heteroatoms. The standard InChI is InChI=1S/C26H35N3O5S/c1-7-29(24(31)21(16-35)28-25(32)34-26(3,4)5)22(18-10-8-17(2)9-11-18)23(30)27-19-12-14-20(33-6)15-13-19/h8-15,21-22,35H,7,16H2,1-6H3,(H,27,30)(H,28,32). The van der Waals surface area contributed by atoms with E-state index in [1.807, 2.05) is 31.2 Å². The molecule has 0 fully saturated rings. The summed E-state index contributed by atoms with van der Waals surface area (Å²) in [5.41, 5.74) is 1.51. The molecule has 0 aliphatic carbocycles. The molecule has 0 radical (unpaired) electrons. The largest absolute Gasteiger partial charge is 0.497 e. The zero-order valence-electron chi connectivity index (χ0n) is 21.1. The Hall–Kier alpha value is -3.20. The van der Waals surface area contributed by atoms with Crippen LogP contribution in [0.4, 0.5) is 10.5 Å². The second kappa shape index (κ2) is 12.5. The van der Waals surface area contributed by atoms with Crippen molar-refractivity contribution in [2.45, 2.75) is 52.3 Å². The lowest BCUT2D eigenvalue weighted by Crippen LogP contribution is -2.53. The van der Waals surface area contributed by atoms with Crippen LogP contribution in [0, 0.1) is 6.92 Å². The summed E-state index contributed by atoms with van der Waals surface area (Å²) in [7, 11) is 1.56. The van der Waals surface area contributed by atoms with E-state index in [9.17, 15) is 14.4 Å². The lowest BCUT2D eigenvalue weighted by molar-refractivity contribution is -0.140. The highest BCUT2D eigenvalue weighted by Crippen LogP contribution is 2.25. The molecule has 0 spiro atoms. The molecule has 0 saturated heterocycles. The maximum atomic E-state index is 13.5. The van der Waals surface area contributed by atoms with E-state index in [0.29, 0.717) is 17.0 Å². The minimum absolute atomic E-state index is 0.0370. The van der Waals surface area contributed by atoms with Crippen molar-refractivity contribution in [2.75, 3.05) is 24.7 Å². The first kappa shape index (κ1) is 28.0. The van der Waals surface area contributed by atoms with Crippen LogP contribution in [0.2, 0.25) is 0 Å². The van der Waals surface area contributed by atoms with Gasteiger partial charge >= 0.3 is 6.09 Å². The highest BCUT2D eigenvalue weighted by molar-refractivity contribution is 7.80. The molecule has 35 heavy (non-hydrogen) atoms. The van der Waals surface area contributed by atoms with Gasteiger partial charge in [-0.15, -0.1) is 0 Å². The SMILES string of the molecule is CCN(C(=O)C(CS)NC(=O)OC(C)(C)C)C(C(=O)Nc1ccc(OC)cc1)c1ccc(C)cc1. The summed E-state index contributed by atoms with van der Waals surface area (Å²) in [5.74, 6) is -0.128. The topological polar surface area (TPSA) is 97.0 Å². The number of carbonyl (C=O) groups is 3. The molecule has 8 nitrogen and oxygen atoms in total. The van der Waals surface area contributed by atoms with Crippen molar-refractivity contribution < 1.29 is 23.9 Å². The van der Waals surface area contributed by atoms with Gasteiger partial charge in [0, 0.05) is 18.0 Å². The summed E-state index contributed by atoms with van der Waals surface area (Å²) in [6.07, 6.45) is -0.726. The summed E-state index contributed by atoms with van der Waals surface area (Å²) >= 11 is 4.26. The molecule has 190 valence electrons. The average Bonchev–Trinajstić information content (AvgIpc) is 2.80. The second-order valence-corrected chi connectivity index (χ2v) is 9.40. The van der Waals surface area contributed by atoms with E-state index in [1.54, 1.807) is 59.1 Å². The number of amides is 3. The van der Waals surface area contributed by atoms with Crippen molar-refractivity contribution in [1.82, 2.24) is 10.2 Å². The molecule has 0 aliphatic heterocycles. The Morgan fingerprint density at radius 1 is 1.03 bits per heavy atom. The molecule has 2 aromatic rings. The smallest absolute Gasteiger partial charge is 0.408 e. The highest BCUT2D eigenvalue weighted by Gasteiger charge is 2.35. The number of carbonyl (C=O) groups excluding carboxylic acids is 3. The number of rotatable bonds is 9. The Morgan fingerprint density at radius 3 is 2.11 bits per heavy atom. The van der Waals surface area contributed by atoms with Crippen LogP contribution < -0.4 is 15.4 Å². The third kappa shape index (κ3) is 8.20. The summed E-state index contributed by atoms with van der Waals surface area (Å²) in [6.45, 7) is 9.16. The van der Waals surface area contributed by atoms with Crippen molar-refractivity contribution in [3.63, 3.8) is 0 Å². The molecule has 0 aliphatic rings. The van der Waals surface area contributed by atoms with Gasteiger partial charge in [-0.3, -0.25) is 9.59 Å². The number of aryl methyl sites for hydroxylation is 1. The van der Waals surface area contributed by atoms with Gasteiger partial charge in [0.05, 0.1) is 7.11 Å². The van der Waals surface area contributed by atoms with E-state index in [1.165, 1.54) is 4.90 Å². The molecule has 2 aromatic carbocycles. The number of alkyl carbamates (subject to hydrolysis) is 1. The van der Waals surface area contributed by atoms with Crippen LogP contribution in [0.3, 0.4) is 0 Å². The van der Waals surface area contributed by atoms with Gasteiger partial charge in [-0.1, -0.05) is 29.8 Å². The molecule has 2 rings (SSSR count). The minimum Gasteiger partial charge on any atom is -0.497 e. The monoisotopic (exact) mass is 501 g/mol. The van der Waals surface area contributed by atoms with Crippen LogP contribution in [0.15, 0.2) is 48.5 Å². The molecule has 0 bridgehead atoms. The van der Waals surface area contributed by atoms with E-state index >= 15 is 0 Å². The third-order valence-corrected chi connectivity index (χ3v) is 5.47. The number of anilines is 1. The van der Waals surface area contributed by atoms with Crippen molar-refractivity contribution in [3.05, 3.63) is 59.7 Å². The van der Waals surface area contributed by atoms with Crippen LogP contribution in [0.5, 0.6) is 5.75 Å². The Labute approximate surface area is 212 Å². The molecule has 0 saturated carbocycles.